The third kappa shape index (κ3) is 4.08. The molecule has 4 rings (SSSR count). The molecule has 1 aliphatic rings. The Labute approximate surface area is 168 Å². The predicted octanol–water partition coefficient (Wildman–Crippen LogP) is 3.89. The zero-order valence-electron chi connectivity index (χ0n) is 16.4. The zero-order valence-corrected chi connectivity index (χ0v) is 16.4. The number of amides is 1. The molecule has 1 aliphatic heterocycles. The molecule has 29 heavy (non-hydrogen) atoms. The molecule has 0 bridgehead atoms. The summed E-state index contributed by atoms with van der Waals surface area (Å²) in [5.41, 5.74) is 3.24. The van der Waals surface area contributed by atoms with Crippen LogP contribution >= 0.6 is 0 Å². The highest BCUT2D eigenvalue weighted by Gasteiger charge is 2.22. The minimum Gasteiger partial charge on any atom is -0.344 e. The average Bonchev–Trinajstić information content (AvgIpc) is 2.73. The largest absolute Gasteiger partial charge is 0.344 e. The number of anilines is 2. The van der Waals surface area contributed by atoms with E-state index in [0.717, 1.165) is 48.1 Å². The van der Waals surface area contributed by atoms with E-state index < -0.39 is 0 Å². The predicted molar refractivity (Wildman–Crippen MR) is 109 cm³/mol. The van der Waals surface area contributed by atoms with Crippen LogP contribution in [0.2, 0.25) is 0 Å². The van der Waals surface area contributed by atoms with Crippen molar-refractivity contribution in [2.45, 2.75) is 32.7 Å². The second kappa shape index (κ2) is 7.95. The number of carbonyl (C=O) groups is 1. The highest BCUT2D eigenvalue weighted by Crippen LogP contribution is 2.32. The first-order chi connectivity index (χ1) is 14.0. The van der Waals surface area contributed by atoms with Crippen molar-refractivity contribution < 1.29 is 9.18 Å². The van der Waals surface area contributed by atoms with Crippen molar-refractivity contribution in [1.29, 1.82) is 0 Å². The quantitative estimate of drug-likeness (QED) is 0.731. The van der Waals surface area contributed by atoms with Gasteiger partial charge < -0.3 is 10.2 Å². The highest BCUT2D eigenvalue weighted by molar-refractivity contribution is 5.94. The fourth-order valence-electron chi connectivity index (χ4n) is 3.49. The summed E-state index contributed by atoms with van der Waals surface area (Å²) in [6.07, 6.45) is 3.62. The first-order valence-electron chi connectivity index (χ1n) is 9.65. The number of fused-ring (bicyclic) bond motifs is 1. The molecule has 3 heterocycles. The number of rotatable bonds is 4. The Balaban J connectivity index is 1.54. The summed E-state index contributed by atoms with van der Waals surface area (Å²) in [5, 5.41) is 2.93. The fourth-order valence-corrected chi connectivity index (χ4v) is 3.49. The second-order valence-electron chi connectivity index (χ2n) is 7.12. The molecular formula is C22H22FN5O. The van der Waals surface area contributed by atoms with E-state index in [1.807, 2.05) is 32.0 Å². The van der Waals surface area contributed by atoms with Crippen molar-refractivity contribution in [3.05, 3.63) is 77.3 Å². The van der Waals surface area contributed by atoms with Gasteiger partial charge in [-0.15, -0.1) is 0 Å². The molecular weight excluding hydrogens is 369 g/mol. The molecule has 1 aromatic carbocycles. The molecule has 0 saturated heterocycles. The lowest BCUT2D eigenvalue weighted by molar-refractivity contribution is 0.0939. The van der Waals surface area contributed by atoms with Crippen LogP contribution in [-0.2, 0) is 6.42 Å². The van der Waals surface area contributed by atoms with Crippen LogP contribution in [0.25, 0.3) is 0 Å². The van der Waals surface area contributed by atoms with Crippen LogP contribution in [-0.4, -0.2) is 27.4 Å². The standard InChI is InChI=1S/C22H22FN5O/c1-14(25-22(29)16-5-7-17(23)8-6-16)18-9-10-20-19(27-18)4-3-13-28(20)21-11-12-24-15(2)26-21/h5-12,14H,3-4,13H2,1-2H3,(H,25,29)/t14-/m1/s1. The third-order valence-electron chi connectivity index (χ3n) is 4.99. The summed E-state index contributed by atoms with van der Waals surface area (Å²) < 4.78 is 13.1. The van der Waals surface area contributed by atoms with Gasteiger partial charge in [0.05, 0.1) is 23.1 Å². The van der Waals surface area contributed by atoms with Gasteiger partial charge in [0.1, 0.15) is 17.5 Å². The number of hydrogen-bond donors (Lipinski definition) is 1. The topological polar surface area (TPSA) is 71.0 Å². The smallest absolute Gasteiger partial charge is 0.251 e. The van der Waals surface area contributed by atoms with Crippen molar-refractivity contribution in [1.82, 2.24) is 20.3 Å². The maximum atomic E-state index is 13.1. The molecule has 0 unspecified atom stereocenters. The summed E-state index contributed by atoms with van der Waals surface area (Å²) >= 11 is 0. The normalized spacial score (nSPS) is 14.2. The van der Waals surface area contributed by atoms with E-state index in [1.165, 1.54) is 24.3 Å². The van der Waals surface area contributed by atoms with Crippen LogP contribution in [0.1, 0.15) is 47.0 Å². The summed E-state index contributed by atoms with van der Waals surface area (Å²) in [7, 11) is 0. The summed E-state index contributed by atoms with van der Waals surface area (Å²) in [6, 6.07) is 11.1. The van der Waals surface area contributed by atoms with Gasteiger partial charge in [0.25, 0.3) is 5.91 Å². The van der Waals surface area contributed by atoms with Crippen LogP contribution in [0, 0.1) is 12.7 Å². The summed E-state index contributed by atoms with van der Waals surface area (Å²) in [5.74, 6) is 0.978. The lowest BCUT2D eigenvalue weighted by atomic mass is 10.1. The first kappa shape index (κ1) is 19.0. The molecule has 0 fully saturated rings. The number of benzene rings is 1. The van der Waals surface area contributed by atoms with E-state index >= 15 is 0 Å². The van der Waals surface area contributed by atoms with Crippen LogP contribution in [0.15, 0.2) is 48.7 Å². The van der Waals surface area contributed by atoms with Crippen molar-refractivity contribution >= 4 is 17.4 Å². The lowest BCUT2D eigenvalue weighted by Crippen LogP contribution is -2.29. The van der Waals surface area contributed by atoms with E-state index in [0.29, 0.717) is 5.56 Å². The molecule has 1 amide bonds. The van der Waals surface area contributed by atoms with Crippen molar-refractivity contribution in [3.8, 4) is 0 Å². The van der Waals surface area contributed by atoms with Gasteiger partial charge in [0.2, 0.25) is 0 Å². The van der Waals surface area contributed by atoms with E-state index in [1.54, 1.807) is 6.20 Å². The van der Waals surface area contributed by atoms with E-state index in [9.17, 15) is 9.18 Å². The number of pyridine rings is 1. The molecule has 0 radical (unpaired) electrons. The lowest BCUT2D eigenvalue weighted by Gasteiger charge is -2.30. The van der Waals surface area contributed by atoms with Gasteiger partial charge in [-0.1, -0.05) is 0 Å². The first-order valence-corrected chi connectivity index (χ1v) is 9.65. The van der Waals surface area contributed by atoms with Gasteiger partial charge in [0.15, 0.2) is 0 Å². The molecule has 3 aromatic rings. The van der Waals surface area contributed by atoms with Gasteiger partial charge in [-0.25, -0.2) is 14.4 Å². The number of aromatic nitrogens is 3. The van der Waals surface area contributed by atoms with E-state index in [-0.39, 0.29) is 17.8 Å². The summed E-state index contributed by atoms with van der Waals surface area (Å²) in [4.78, 5) is 28.1. The van der Waals surface area contributed by atoms with Crippen molar-refractivity contribution in [2.75, 3.05) is 11.4 Å². The van der Waals surface area contributed by atoms with Gasteiger partial charge >= 0.3 is 0 Å². The van der Waals surface area contributed by atoms with E-state index in [2.05, 4.69) is 20.2 Å². The SMILES string of the molecule is Cc1nccc(N2CCCc3nc([C@@H](C)NC(=O)c4ccc(F)cc4)ccc32)n1. The molecule has 1 N–H and O–H groups in total. The van der Waals surface area contributed by atoms with Crippen LogP contribution in [0.4, 0.5) is 15.9 Å². The van der Waals surface area contributed by atoms with Gasteiger partial charge in [-0.3, -0.25) is 9.78 Å². The van der Waals surface area contributed by atoms with E-state index in [4.69, 9.17) is 4.98 Å². The molecule has 148 valence electrons. The number of halogens is 1. The zero-order chi connectivity index (χ0) is 20.4. The Hall–Kier alpha value is -3.35. The second-order valence-corrected chi connectivity index (χ2v) is 7.12. The number of nitrogens with one attached hydrogen (secondary N) is 1. The Bertz CT molecular complexity index is 1040. The number of hydrogen-bond acceptors (Lipinski definition) is 5. The maximum absolute atomic E-state index is 13.1. The molecule has 7 heteroatoms. The van der Waals surface area contributed by atoms with Gasteiger partial charge in [-0.05, 0) is 69.2 Å². The minimum absolute atomic E-state index is 0.255. The average molecular weight is 391 g/mol. The van der Waals surface area contributed by atoms with Gasteiger partial charge in [0, 0.05) is 18.3 Å². The third-order valence-corrected chi connectivity index (χ3v) is 4.99. The minimum atomic E-state index is -0.366. The van der Waals surface area contributed by atoms with Gasteiger partial charge in [-0.2, -0.15) is 0 Å². The Morgan fingerprint density at radius 3 is 2.69 bits per heavy atom. The molecule has 0 spiro atoms. The maximum Gasteiger partial charge on any atom is 0.251 e. The Morgan fingerprint density at radius 1 is 1.14 bits per heavy atom. The molecule has 2 aromatic heterocycles. The summed E-state index contributed by atoms with van der Waals surface area (Å²) in [6.45, 7) is 4.65. The molecule has 0 saturated carbocycles. The fraction of sp³-hybridized carbons (Fsp3) is 0.273. The van der Waals surface area contributed by atoms with Crippen LogP contribution in [0.3, 0.4) is 0 Å². The van der Waals surface area contributed by atoms with Crippen LogP contribution in [0.5, 0.6) is 0 Å². The van der Waals surface area contributed by atoms with Crippen LogP contribution < -0.4 is 10.2 Å². The monoisotopic (exact) mass is 391 g/mol. The number of carbonyl (C=O) groups excluding carboxylic acids is 1. The Morgan fingerprint density at radius 2 is 1.93 bits per heavy atom. The van der Waals surface area contributed by atoms with Crippen molar-refractivity contribution in [2.24, 2.45) is 0 Å². The highest BCUT2D eigenvalue weighted by atomic mass is 19.1. The Kier molecular flexibility index (Phi) is 5.20. The van der Waals surface area contributed by atoms with Crippen molar-refractivity contribution in [3.63, 3.8) is 0 Å². The number of nitrogens with zero attached hydrogens (tertiary/aromatic N) is 4. The molecule has 0 aliphatic carbocycles. The number of aryl methyl sites for hydroxylation is 2. The molecule has 1 atom stereocenters. The molecule has 6 nitrogen and oxygen atoms in total.